The Morgan fingerprint density at radius 2 is 2.28 bits per heavy atom. The standard InChI is InChI=1S/C12H12FN5/c1-18-5-4-9(17-18)7-14-12-15-10-3-2-8(13)6-11(10)16-12/h2-6H,7H2,1H3,(H2,14,15,16). The molecule has 0 aliphatic rings. The summed E-state index contributed by atoms with van der Waals surface area (Å²) >= 11 is 0. The molecule has 18 heavy (non-hydrogen) atoms. The molecule has 0 aliphatic carbocycles. The number of nitrogens with zero attached hydrogens (tertiary/aromatic N) is 3. The van der Waals surface area contributed by atoms with Gasteiger partial charge in [-0.2, -0.15) is 5.10 Å². The lowest BCUT2D eigenvalue weighted by Crippen LogP contribution is -2.02. The number of imidazole rings is 1. The summed E-state index contributed by atoms with van der Waals surface area (Å²) in [5.74, 6) is 0.337. The zero-order valence-electron chi connectivity index (χ0n) is 9.81. The zero-order valence-corrected chi connectivity index (χ0v) is 9.81. The van der Waals surface area contributed by atoms with Crippen LogP contribution < -0.4 is 5.32 Å². The molecule has 3 aromatic rings. The minimum Gasteiger partial charge on any atom is -0.350 e. The number of benzene rings is 1. The lowest BCUT2D eigenvalue weighted by Gasteiger charge is -1.98. The van der Waals surface area contributed by atoms with Crippen molar-refractivity contribution in [3.63, 3.8) is 0 Å². The molecule has 1 aromatic carbocycles. The fraction of sp³-hybridized carbons (Fsp3) is 0.167. The molecule has 2 N–H and O–H groups in total. The van der Waals surface area contributed by atoms with Gasteiger partial charge >= 0.3 is 0 Å². The van der Waals surface area contributed by atoms with E-state index in [4.69, 9.17) is 0 Å². The van der Waals surface area contributed by atoms with Gasteiger partial charge in [0.25, 0.3) is 0 Å². The number of rotatable bonds is 3. The Hall–Kier alpha value is -2.37. The summed E-state index contributed by atoms with van der Waals surface area (Å²) < 4.78 is 14.8. The molecule has 0 bridgehead atoms. The molecule has 0 aliphatic heterocycles. The fourth-order valence-corrected chi connectivity index (χ4v) is 1.80. The van der Waals surface area contributed by atoms with E-state index in [1.165, 1.54) is 12.1 Å². The Labute approximate surface area is 103 Å². The van der Waals surface area contributed by atoms with Gasteiger partial charge in [-0.05, 0) is 24.3 Å². The van der Waals surface area contributed by atoms with Crippen LogP contribution in [0.25, 0.3) is 11.0 Å². The number of fused-ring (bicyclic) bond motifs is 1. The largest absolute Gasteiger partial charge is 0.350 e. The number of anilines is 1. The van der Waals surface area contributed by atoms with Crippen molar-refractivity contribution < 1.29 is 4.39 Å². The van der Waals surface area contributed by atoms with Gasteiger partial charge in [-0.15, -0.1) is 0 Å². The van der Waals surface area contributed by atoms with Crippen LogP contribution in [-0.4, -0.2) is 19.7 Å². The Bertz CT molecular complexity index is 685. The van der Waals surface area contributed by atoms with Crippen LogP contribution >= 0.6 is 0 Å². The quantitative estimate of drug-likeness (QED) is 0.742. The van der Waals surface area contributed by atoms with E-state index in [0.717, 1.165) is 11.2 Å². The first-order valence-corrected chi connectivity index (χ1v) is 5.58. The van der Waals surface area contributed by atoms with E-state index in [2.05, 4.69) is 20.4 Å². The number of nitrogens with one attached hydrogen (secondary N) is 2. The van der Waals surface area contributed by atoms with Crippen molar-refractivity contribution >= 4 is 17.0 Å². The average Bonchev–Trinajstić information content (AvgIpc) is 2.92. The van der Waals surface area contributed by atoms with Gasteiger partial charge in [0.1, 0.15) is 5.82 Å². The van der Waals surface area contributed by atoms with Crippen molar-refractivity contribution in [2.45, 2.75) is 6.54 Å². The predicted molar refractivity (Wildman–Crippen MR) is 66.6 cm³/mol. The highest BCUT2D eigenvalue weighted by Crippen LogP contribution is 2.15. The first kappa shape index (κ1) is 10.8. The molecule has 0 radical (unpaired) electrons. The maximum absolute atomic E-state index is 13.0. The Morgan fingerprint density at radius 1 is 1.39 bits per heavy atom. The van der Waals surface area contributed by atoms with Gasteiger partial charge in [-0.1, -0.05) is 0 Å². The summed E-state index contributed by atoms with van der Waals surface area (Å²) in [7, 11) is 1.87. The number of H-pyrrole nitrogens is 1. The van der Waals surface area contributed by atoms with E-state index in [9.17, 15) is 4.39 Å². The van der Waals surface area contributed by atoms with E-state index in [0.29, 0.717) is 18.0 Å². The molecular formula is C12H12FN5. The van der Waals surface area contributed by atoms with Gasteiger partial charge in [-0.25, -0.2) is 9.37 Å². The third-order valence-electron chi connectivity index (χ3n) is 2.65. The topological polar surface area (TPSA) is 58.5 Å². The number of hydrogen-bond donors (Lipinski definition) is 2. The predicted octanol–water partition coefficient (Wildman–Crippen LogP) is 2.05. The van der Waals surface area contributed by atoms with Crippen molar-refractivity contribution in [1.29, 1.82) is 0 Å². The molecule has 6 heteroatoms. The lowest BCUT2D eigenvalue weighted by atomic mass is 10.3. The number of hydrogen-bond acceptors (Lipinski definition) is 3. The van der Waals surface area contributed by atoms with Crippen molar-refractivity contribution in [2.75, 3.05) is 5.32 Å². The molecule has 0 saturated carbocycles. The molecule has 3 rings (SSSR count). The molecule has 2 heterocycles. The van der Waals surface area contributed by atoms with Gasteiger partial charge < -0.3 is 10.3 Å². The number of aromatic nitrogens is 4. The molecule has 2 aromatic heterocycles. The second-order valence-corrected chi connectivity index (χ2v) is 4.08. The van der Waals surface area contributed by atoms with Gasteiger partial charge in [-0.3, -0.25) is 4.68 Å². The third kappa shape index (κ3) is 2.04. The van der Waals surface area contributed by atoms with Crippen LogP contribution in [0.2, 0.25) is 0 Å². The van der Waals surface area contributed by atoms with Crippen molar-refractivity contribution in [2.24, 2.45) is 7.05 Å². The Morgan fingerprint density at radius 3 is 3.06 bits per heavy atom. The van der Waals surface area contributed by atoms with Crippen LogP contribution in [0.1, 0.15) is 5.69 Å². The maximum atomic E-state index is 13.0. The minimum atomic E-state index is -0.276. The number of aryl methyl sites for hydroxylation is 1. The Balaban J connectivity index is 1.78. The monoisotopic (exact) mass is 245 g/mol. The summed E-state index contributed by atoms with van der Waals surface area (Å²) in [6.07, 6.45) is 1.88. The highest BCUT2D eigenvalue weighted by Gasteiger charge is 2.04. The smallest absolute Gasteiger partial charge is 0.201 e. The van der Waals surface area contributed by atoms with Gasteiger partial charge in [0.05, 0.1) is 23.3 Å². The molecule has 0 unspecified atom stereocenters. The van der Waals surface area contributed by atoms with Crippen LogP contribution in [0.5, 0.6) is 0 Å². The second kappa shape index (κ2) is 4.14. The summed E-state index contributed by atoms with van der Waals surface area (Å²) in [4.78, 5) is 7.32. The SMILES string of the molecule is Cn1ccc(CNc2nc3ccc(F)cc3[nH]2)n1. The van der Waals surface area contributed by atoms with E-state index < -0.39 is 0 Å². The van der Waals surface area contributed by atoms with E-state index in [-0.39, 0.29) is 5.82 Å². The lowest BCUT2D eigenvalue weighted by molar-refractivity contribution is 0.629. The van der Waals surface area contributed by atoms with Crippen molar-refractivity contribution in [1.82, 2.24) is 19.7 Å². The van der Waals surface area contributed by atoms with Gasteiger partial charge in [0, 0.05) is 13.2 Å². The molecular weight excluding hydrogens is 233 g/mol. The van der Waals surface area contributed by atoms with Crippen LogP contribution in [0, 0.1) is 5.82 Å². The molecule has 0 atom stereocenters. The van der Waals surface area contributed by atoms with Crippen LogP contribution in [0.3, 0.4) is 0 Å². The first-order valence-electron chi connectivity index (χ1n) is 5.58. The number of aromatic amines is 1. The van der Waals surface area contributed by atoms with Crippen molar-refractivity contribution in [3.8, 4) is 0 Å². The Kier molecular flexibility index (Phi) is 2.47. The molecule has 0 amide bonds. The van der Waals surface area contributed by atoms with E-state index >= 15 is 0 Å². The van der Waals surface area contributed by atoms with Gasteiger partial charge in [0.2, 0.25) is 5.95 Å². The molecule has 0 spiro atoms. The average molecular weight is 245 g/mol. The second-order valence-electron chi connectivity index (χ2n) is 4.08. The summed E-state index contributed by atoms with van der Waals surface area (Å²) in [6.45, 7) is 0.573. The van der Waals surface area contributed by atoms with Crippen molar-refractivity contribution in [3.05, 3.63) is 42.0 Å². The molecule has 5 nitrogen and oxygen atoms in total. The highest BCUT2D eigenvalue weighted by molar-refractivity contribution is 5.77. The van der Waals surface area contributed by atoms with Gasteiger partial charge in [0.15, 0.2) is 0 Å². The fourth-order valence-electron chi connectivity index (χ4n) is 1.80. The van der Waals surface area contributed by atoms with Crippen LogP contribution in [0.4, 0.5) is 10.3 Å². The zero-order chi connectivity index (χ0) is 12.5. The summed E-state index contributed by atoms with van der Waals surface area (Å²) in [5, 5.41) is 7.36. The summed E-state index contributed by atoms with van der Waals surface area (Å²) in [6, 6.07) is 6.39. The summed E-state index contributed by atoms with van der Waals surface area (Å²) in [5.41, 5.74) is 2.34. The molecule has 0 fully saturated rings. The molecule has 0 saturated heterocycles. The van der Waals surface area contributed by atoms with Crippen LogP contribution in [0.15, 0.2) is 30.5 Å². The first-order chi connectivity index (χ1) is 8.70. The minimum absolute atomic E-state index is 0.276. The van der Waals surface area contributed by atoms with E-state index in [1.54, 1.807) is 10.7 Å². The molecule has 92 valence electrons. The third-order valence-corrected chi connectivity index (χ3v) is 2.65. The highest BCUT2D eigenvalue weighted by atomic mass is 19.1. The van der Waals surface area contributed by atoms with E-state index in [1.807, 2.05) is 19.3 Å². The number of halogens is 1. The normalized spacial score (nSPS) is 11.0. The maximum Gasteiger partial charge on any atom is 0.201 e. The van der Waals surface area contributed by atoms with Crippen LogP contribution in [-0.2, 0) is 13.6 Å².